The minimum atomic E-state index is -2.88. The SMILES string of the molecule is c1ccc([Si](c2ccccc2)(c2ccccc2)c2cc3c4cc5c(nc4n4c6nc7oc8ccccc8c7cc6c(c2)c34)oc2ccccc25)cc1. The molecule has 0 aliphatic carbocycles. The number of aromatic nitrogens is 3. The lowest BCUT2D eigenvalue weighted by Crippen LogP contribution is -2.74. The fraction of sp³-hybridized carbons (Fsp3) is 0. The highest BCUT2D eigenvalue weighted by molar-refractivity contribution is 7.20. The van der Waals surface area contributed by atoms with Crippen LogP contribution in [0.1, 0.15) is 0 Å². The van der Waals surface area contributed by atoms with Crippen LogP contribution >= 0.6 is 0 Å². The zero-order chi connectivity index (χ0) is 34.0. The minimum Gasteiger partial charge on any atom is -0.438 e. The number of furan rings is 2. The van der Waals surface area contributed by atoms with E-state index in [1.807, 2.05) is 24.3 Å². The van der Waals surface area contributed by atoms with Crippen LogP contribution in [0.3, 0.4) is 0 Å². The van der Waals surface area contributed by atoms with Gasteiger partial charge >= 0.3 is 0 Å². The number of para-hydroxylation sites is 2. The third kappa shape index (κ3) is 3.56. The number of hydrogen-bond acceptors (Lipinski definition) is 4. The zero-order valence-corrected chi connectivity index (χ0v) is 28.7. The number of hydrogen-bond donors (Lipinski definition) is 0. The maximum atomic E-state index is 6.37. The van der Waals surface area contributed by atoms with Gasteiger partial charge in [0.2, 0.25) is 11.4 Å². The van der Waals surface area contributed by atoms with Crippen molar-refractivity contribution in [2.45, 2.75) is 0 Å². The second-order valence-electron chi connectivity index (χ2n) is 13.7. The van der Waals surface area contributed by atoms with E-state index in [0.717, 1.165) is 71.1 Å². The highest BCUT2D eigenvalue weighted by atomic mass is 28.3. The van der Waals surface area contributed by atoms with E-state index in [4.69, 9.17) is 18.8 Å². The molecule has 0 saturated heterocycles. The summed E-state index contributed by atoms with van der Waals surface area (Å²) in [4.78, 5) is 10.6. The Bertz CT molecular complexity index is 3090. The molecule has 0 bridgehead atoms. The molecule has 6 aromatic carbocycles. The van der Waals surface area contributed by atoms with Gasteiger partial charge in [0.15, 0.2) is 19.4 Å². The molecule has 0 saturated carbocycles. The van der Waals surface area contributed by atoms with Crippen LogP contribution in [0.4, 0.5) is 0 Å². The Hall–Kier alpha value is -6.76. The summed E-state index contributed by atoms with van der Waals surface area (Å²) in [5, 5.41) is 13.9. The highest BCUT2D eigenvalue weighted by Gasteiger charge is 2.42. The minimum absolute atomic E-state index is 0.620. The van der Waals surface area contributed by atoms with Crippen molar-refractivity contribution in [1.82, 2.24) is 14.4 Å². The average molecular weight is 682 g/mol. The third-order valence-corrected chi connectivity index (χ3v) is 15.8. The van der Waals surface area contributed by atoms with Gasteiger partial charge in [-0.1, -0.05) is 140 Å². The number of benzene rings is 6. The first-order valence-electron chi connectivity index (χ1n) is 17.6. The van der Waals surface area contributed by atoms with Crippen LogP contribution in [-0.2, 0) is 0 Å². The summed E-state index contributed by atoms with van der Waals surface area (Å²) < 4.78 is 15.0. The lowest BCUT2D eigenvalue weighted by Gasteiger charge is -2.34. The zero-order valence-electron chi connectivity index (χ0n) is 27.7. The molecule has 6 heteroatoms. The first kappa shape index (κ1) is 28.0. The van der Waals surface area contributed by atoms with Crippen molar-refractivity contribution in [3.05, 3.63) is 164 Å². The number of rotatable bonds is 4. The van der Waals surface area contributed by atoms with Gasteiger partial charge in [0.25, 0.3) is 0 Å². The van der Waals surface area contributed by atoms with E-state index >= 15 is 0 Å². The lowest BCUT2D eigenvalue weighted by molar-refractivity contribution is 0.655. The summed E-state index contributed by atoms with van der Waals surface area (Å²) in [6.07, 6.45) is 0. The quantitative estimate of drug-likeness (QED) is 0.138. The second-order valence-corrected chi connectivity index (χ2v) is 17.5. The van der Waals surface area contributed by atoms with Gasteiger partial charge in [-0.15, -0.1) is 0 Å². The number of nitrogens with zero attached hydrogens (tertiary/aromatic N) is 3. The summed E-state index contributed by atoms with van der Waals surface area (Å²) in [6.45, 7) is 0. The maximum absolute atomic E-state index is 6.37. The standard InChI is InChI=1S/C46H27N3O2Si/c1-4-14-28(15-5-1)52(29-16-6-2-7-17-29,30-18-8-3-9-19-30)31-24-34-36-26-38-32-20-10-12-22-40(32)50-45(38)47-43(36)49-42(34)35(25-31)37-27-39-33-21-11-13-23-41(33)51-46(39)48-44(37)49/h1-27H. The molecule has 0 radical (unpaired) electrons. The molecule has 0 unspecified atom stereocenters. The molecule has 52 heavy (non-hydrogen) atoms. The molecule has 0 atom stereocenters. The van der Waals surface area contributed by atoms with Gasteiger partial charge < -0.3 is 8.83 Å². The van der Waals surface area contributed by atoms with Crippen LogP contribution in [0, 0.1) is 0 Å². The first-order valence-corrected chi connectivity index (χ1v) is 19.6. The van der Waals surface area contributed by atoms with Crippen molar-refractivity contribution in [3.63, 3.8) is 0 Å². The Morgan fingerprint density at radius 2 is 0.769 bits per heavy atom. The predicted molar refractivity (Wildman–Crippen MR) is 215 cm³/mol. The fourth-order valence-electron chi connectivity index (χ4n) is 8.90. The van der Waals surface area contributed by atoms with E-state index in [1.165, 1.54) is 20.7 Å². The van der Waals surface area contributed by atoms with Gasteiger partial charge in [-0.25, -0.2) is 0 Å². The lowest BCUT2D eigenvalue weighted by atomic mass is 10.1. The van der Waals surface area contributed by atoms with Crippen molar-refractivity contribution in [2.75, 3.05) is 0 Å². The second kappa shape index (κ2) is 10.2. The number of pyridine rings is 2. The Kier molecular flexibility index (Phi) is 5.47. The highest BCUT2D eigenvalue weighted by Crippen LogP contribution is 2.42. The molecule has 0 amide bonds. The van der Waals surface area contributed by atoms with Crippen LogP contribution in [0.15, 0.2) is 173 Å². The van der Waals surface area contributed by atoms with Crippen molar-refractivity contribution in [3.8, 4) is 0 Å². The normalized spacial score (nSPS) is 12.6. The van der Waals surface area contributed by atoms with Gasteiger partial charge in [0.05, 0.1) is 5.52 Å². The Labute approximate surface area is 297 Å². The molecule has 242 valence electrons. The first-order chi connectivity index (χ1) is 25.8. The van der Waals surface area contributed by atoms with Gasteiger partial charge in [0.1, 0.15) is 11.2 Å². The Morgan fingerprint density at radius 3 is 1.21 bits per heavy atom. The predicted octanol–water partition coefficient (Wildman–Crippen LogP) is 8.80. The topological polar surface area (TPSA) is 56.5 Å². The van der Waals surface area contributed by atoms with Crippen molar-refractivity contribution < 1.29 is 8.83 Å². The molecule has 0 spiro atoms. The average Bonchev–Trinajstić information content (AvgIpc) is 3.94. The molecule has 0 fully saturated rings. The Morgan fingerprint density at radius 1 is 0.365 bits per heavy atom. The summed E-state index contributed by atoms with van der Waals surface area (Å²) in [5.74, 6) is 0. The van der Waals surface area contributed by atoms with Crippen LogP contribution < -0.4 is 20.7 Å². The van der Waals surface area contributed by atoms with E-state index in [0.29, 0.717) is 11.4 Å². The van der Waals surface area contributed by atoms with Crippen LogP contribution in [0.2, 0.25) is 0 Å². The molecule has 0 aliphatic heterocycles. The summed E-state index contributed by atoms with van der Waals surface area (Å²) in [7, 11) is -2.88. The molecule has 12 aromatic rings. The molecular weight excluding hydrogens is 655 g/mol. The largest absolute Gasteiger partial charge is 0.438 e. The van der Waals surface area contributed by atoms with Gasteiger partial charge in [0, 0.05) is 43.1 Å². The smallest absolute Gasteiger partial charge is 0.229 e. The Balaban J connectivity index is 1.32. The molecule has 0 N–H and O–H groups in total. The van der Waals surface area contributed by atoms with Crippen molar-refractivity contribution in [1.29, 1.82) is 0 Å². The van der Waals surface area contributed by atoms with Crippen LogP contribution in [0.25, 0.3) is 82.5 Å². The van der Waals surface area contributed by atoms with Crippen LogP contribution in [-0.4, -0.2) is 22.4 Å². The summed E-state index contributed by atoms with van der Waals surface area (Å²) in [6, 6.07) is 59.2. The monoisotopic (exact) mass is 681 g/mol. The van der Waals surface area contributed by atoms with Crippen LogP contribution in [0.5, 0.6) is 0 Å². The van der Waals surface area contributed by atoms with Gasteiger partial charge in [-0.3, -0.25) is 4.40 Å². The van der Waals surface area contributed by atoms with E-state index in [9.17, 15) is 0 Å². The van der Waals surface area contributed by atoms with E-state index in [2.05, 4.69) is 144 Å². The molecule has 6 heterocycles. The van der Waals surface area contributed by atoms with Crippen molar-refractivity contribution in [2.24, 2.45) is 0 Å². The molecular formula is C46H27N3O2Si. The fourth-order valence-corrected chi connectivity index (χ4v) is 13.7. The van der Waals surface area contributed by atoms with E-state index in [-0.39, 0.29) is 0 Å². The van der Waals surface area contributed by atoms with E-state index < -0.39 is 8.07 Å². The van der Waals surface area contributed by atoms with Gasteiger partial charge in [-0.2, -0.15) is 9.97 Å². The molecule has 5 nitrogen and oxygen atoms in total. The number of fused-ring (bicyclic) bond motifs is 12. The van der Waals surface area contributed by atoms with E-state index in [1.54, 1.807) is 0 Å². The van der Waals surface area contributed by atoms with Crippen molar-refractivity contribution >= 4 is 111 Å². The molecule has 0 aliphatic rings. The third-order valence-electron chi connectivity index (χ3n) is 11.1. The summed E-state index contributed by atoms with van der Waals surface area (Å²) >= 11 is 0. The molecule has 6 aromatic heterocycles. The maximum Gasteiger partial charge on any atom is 0.229 e. The summed E-state index contributed by atoms with van der Waals surface area (Å²) in [5.41, 5.74) is 5.66. The molecule has 12 rings (SSSR count). The van der Waals surface area contributed by atoms with Gasteiger partial charge in [-0.05, 0) is 45.0 Å².